The van der Waals surface area contributed by atoms with Crippen LogP contribution in [0.2, 0.25) is 0 Å². The molecule has 0 bridgehead atoms. The van der Waals surface area contributed by atoms with Crippen molar-refractivity contribution in [3.05, 3.63) is 35.4 Å². The molecule has 1 aromatic rings. The van der Waals surface area contributed by atoms with E-state index in [1.165, 1.54) is 36.8 Å². The number of thioether (sulfide) groups is 1. The molecule has 2 heteroatoms. The van der Waals surface area contributed by atoms with Crippen molar-refractivity contribution >= 4 is 11.8 Å². The third kappa shape index (κ3) is 2.92. The molecule has 2 rings (SSSR count). The van der Waals surface area contributed by atoms with Crippen LogP contribution in [-0.2, 0) is 12.8 Å². The molecule has 0 saturated heterocycles. The van der Waals surface area contributed by atoms with Crippen LogP contribution in [0.4, 0.5) is 0 Å². The van der Waals surface area contributed by atoms with E-state index in [0.717, 1.165) is 6.54 Å². The Morgan fingerprint density at radius 2 is 1.72 bits per heavy atom. The van der Waals surface area contributed by atoms with E-state index in [1.54, 1.807) is 0 Å². The molecule has 100 valence electrons. The maximum Gasteiger partial charge on any atom is 0.0276 e. The summed E-state index contributed by atoms with van der Waals surface area (Å²) in [4.78, 5) is 0. The molecular formula is C16H25NS. The molecule has 0 heterocycles. The quantitative estimate of drug-likeness (QED) is 0.840. The molecule has 0 aliphatic heterocycles. The SMILES string of the molecule is CCC(CC)(CNC1Cc2ccccc2C1)SC. The van der Waals surface area contributed by atoms with E-state index in [2.05, 4.69) is 49.7 Å². The minimum absolute atomic E-state index is 0.425. The minimum Gasteiger partial charge on any atom is -0.312 e. The lowest BCUT2D eigenvalue weighted by Crippen LogP contribution is -2.42. The predicted molar refractivity (Wildman–Crippen MR) is 82.5 cm³/mol. The standard InChI is InChI=1S/C16H25NS/c1-4-16(5-2,18-3)12-17-15-10-13-8-6-7-9-14(13)11-15/h6-9,15,17H,4-5,10-12H2,1-3H3. The summed E-state index contributed by atoms with van der Waals surface area (Å²) in [6, 6.07) is 9.51. The normalized spacial score (nSPS) is 15.9. The maximum atomic E-state index is 3.80. The molecular weight excluding hydrogens is 238 g/mol. The number of rotatable bonds is 6. The zero-order valence-electron chi connectivity index (χ0n) is 11.8. The van der Waals surface area contributed by atoms with Crippen LogP contribution in [0.5, 0.6) is 0 Å². The second-order valence-electron chi connectivity index (χ2n) is 5.35. The molecule has 0 amide bonds. The number of benzene rings is 1. The molecule has 1 aliphatic carbocycles. The second kappa shape index (κ2) is 6.12. The van der Waals surface area contributed by atoms with Crippen molar-refractivity contribution in [3.8, 4) is 0 Å². The molecule has 1 nitrogen and oxygen atoms in total. The fraction of sp³-hybridized carbons (Fsp3) is 0.625. The van der Waals surface area contributed by atoms with Crippen molar-refractivity contribution in [3.63, 3.8) is 0 Å². The van der Waals surface area contributed by atoms with Crippen molar-refractivity contribution in [1.82, 2.24) is 5.32 Å². The first-order valence-electron chi connectivity index (χ1n) is 7.08. The summed E-state index contributed by atoms with van der Waals surface area (Å²) in [7, 11) is 0. The van der Waals surface area contributed by atoms with E-state index in [1.807, 2.05) is 11.8 Å². The zero-order chi connectivity index (χ0) is 13.0. The first kappa shape index (κ1) is 14.0. The fourth-order valence-corrected chi connectivity index (χ4v) is 3.70. The number of hydrogen-bond acceptors (Lipinski definition) is 2. The van der Waals surface area contributed by atoms with Crippen molar-refractivity contribution in [2.75, 3.05) is 12.8 Å². The second-order valence-corrected chi connectivity index (χ2v) is 6.62. The molecule has 0 saturated carbocycles. The van der Waals surface area contributed by atoms with Crippen LogP contribution in [0.3, 0.4) is 0 Å². The van der Waals surface area contributed by atoms with Gasteiger partial charge in [0.25, 0.3) is 0 Å². The molecule has 0 radical (unpaired) electrons. The van der Waals surface area contributed by atoms with Crippen LogP contribution in [-0.4, -0.2) is 23.6 Å². The molecule has 18 heavy (non-hydrogen) atoms. The summed E-state index contributed by atoms with van der Waals surface area (Å²) in [5.74, 6) is 0. The van der Waals surface area contributed by atoms with E-state index in [4.69, 9.17) is 0 Å². The Kier molecular flexibility index (Phi) is 4.74. The maximum absolute atomic E-state index is 3.80. The molecule has 0 spiro atoms. The van der Waals surface area contributed by atoms with Gasteiger partial charge in [-0.25, -0.2) is 0 Å². The lowest BCUT2D eigenvalue weighted by atomic mass is 10.0. The minimum atomic E-state index is 0.425. The summed E-state index contributed by atoms with van der Waals surface area (Å²) in [6.45, 7) is 5.76. The highest BCUT2D eigenvalue weighted by molar-refractivity contribution is 8.00. The summed E-state index contributed by atoms with van der Waals surface area (Å²) >= 11 is 2.02. The van der Waals surface area contributed by atoms with E-state index in [0.29, 0.717) is 10.8 Å². The van der Waals surface area contributed by atoms with Gasteiger partial charge >= 0.3 is 0 Å². The Balaban J connectivity index is 1.90. The molecule has 1 aromatic carbocycles. The van der Waals surface area contributed by atoms with Crippen molar-refractivity contribution < 1.29 is 0 Å². The topological polar surface area (TPSA) is 12.0 Å². The van der Waals surface area contributed by atoms with Gasteiger partial charge in [0, 0.05) is 17.3 Å². The fourth-order valence-electron chi connectivity index (χ4n) is 2.89. The number of nitrogens with one attached hydrogen (secondary N) is 1. The van der Waals surface area contributed by atoms with Gasteiger partial charge in [-0.3, -0.25) is 0 Å². The number of hydrogen-bond donors (Lipinski definition) is 1. The molecule has 1 N–H and O–H groups in total. The highest BCUT2D eigenvalue weighted by Gasteiger charge is 2.27. The van der Waals surface area contributed by atoms with Gasteiger partial charge in [0.2, 0.25) is 0 Å². The Hall–Kier alpha value is -0.470. The summed E-state index contributed by atoms with van der Waals surface area (Å²) in [5, 5.41) is 3.80. The van der Waals surface area contributed by atoms with Crippen molar-refractivity contribution in [2.24, 2.45) is 0 Å². The molecule has 0 atom stereocenters. The first-order chi connectivity index (χ1) is 8.73. The molecule has 0 unspecified atom stereocenters. The third-order valence-electron chi connectivity index (χ3n) is 4.49. The van der Waals surface area contributed by atoms with Gasteiger partial charge in [0.05, 0.1) is 0 Å². The van der Waals surface area contributed by atoms with Crippen LogP contribution in [0.15, 0.2) is 24.3 Å². The van der Waals surface area contributed by atoms with E-state index in [-0.39, 0.29) is 0 Å². The van der Waals surface area contributed by atoms with Crippen molar-refractivity contribution in [2.45, 2.75) is 50.3 Å². The summed E-state index contributed by atoms with van der Waals surface area (Å²) < 4.78 is 0.425. The van der Waals surface area contributed by atoms with Crippen LogP contribution in [0, 0.1) is 0 Å². The summed E-state index contributed by atoms with van der Waals surface area (Å²) in [5.41, 5.74) is 3.08. The average molecular weight is 263 g/mol. The highest BCUT2D eigenvalue weighted by Crippen LogP contribution is 2.30. The van der Waals surface area contributed by atoms with Gasteiger partial charge in [-0.2, -0.15) is 11.8 Å². The molecule has 0 aromatic heterocycles. The monoisotopic (exact) mass is 263 g/mol. The van der Waals surface area contributed by atoms with Crippen LogP contribution in [0.25, 0.3) is 0 Å². The van der Waals surface area contributed by atoms with E-state index < -0.39 is 0 Å². The third-order valence-corrected chi connectivity index (χ3v) is 6.07. The van der Waals surface area contributed by atoms with Crippen LogP contribution in [0.1, 0.15) is 37.8 Å². The van der Waals surface area contributed by atoms with E-state index in [9.17, 15) is 0 Å². The van der Waals surface area contributed by atoms with Gasteiger partial charge < -0.3 is 5.32 Å². The first-order valence-corrected chi connectivity index (χ1v) is 8.31. The lowest BCUT2D eigenvalue weighted by Gasteiger charge is -2.31. The van der Waals surface area contributed by atoms with Gasteiger partial charge in [-0.05, 0) is 43.1 Å². The Morgan fingerprint density at radius 3 is 2.17 bits per heavy atom. The molecule has 0 fully saturated rings. The largest absolute Gasteiger partial charge is 0.312 e. The smallest absolute Gasteiger partial charge is 0.0276 e. The Labute approximate surface area is 116 Å². The van der Waals surface area contributed by atoms with Gasteiger partial charge in [-0.15, -0.1) is 0 Å². The number of fused-ring (bicyclic) bond motifs is 1. The zero-order valence-corrected chi connectivity index (χ0v) is 12.6. The van der Waals surface area contributed by atoms with Crippen LogP contribution >= 0.6 is 11.8 Å². The van der Waals surface area contributed by atoms with Gasteiger partial charge in [0.15, 0.2) is 0 Å². The summed E-state index contributed by atoms with van der Waals surface area (Å²) in [6.07, 6.45) is 7.15. The highest BCUT2D eigenvalue weighted by atomic mass is 32.2. The average Bonchev–Trinajstić information content (AvgIpc) is 2.84. The van der Waals surface area contributed by atoms with Crippen LogP contribution < -0.4 is 5.32 Å². The van der Waals surface area contributed by atoms with Gasteiger partial charge in [-0.1, -0.05) is 38.1 Å². The van der Waals surface area contributed by atoms with Gasteiger partial charge in [0.1, 0.15) is 0 Å². The Morgan fingerprint density at radius 1 is 1.17 bits per heavy atom. The lowest BCUT2D eigenvalue weighted by molar-refractivity contribution is 0.445. The predicted octanol–water partition coefficient (Wildman–Crippen LogP) is 3.67. The Bertz CT molecular complexity index is 351. The molecule has 1 aliphatic rings. The van der Waals surface area contributed by atoms with Crippen molar-refractivity contribution in [1.29, 1.82) is 0 Å². The van der Waals surface area contributed by atoms with E-state index >= 15 is 0 Å².